The second-order valence-electron chi connectivity index (χ2n) is 26.8. The summed E-state index contributed by atoms with van der Waals surface area (Å²) in [7, 11) is 5.53. The van der Waals surface area contributed by atoms with Crippen LogP contribution in [-0.4, -0.2) is 111 Å². The fourth-order valence-electron chi connectivity index (χ4n) is 12.5. The van der Waals surface area contributed by atoms with Crippen LogP contribution in [0.25, 0.3) is 88.6 Å². The number of esters is 4. The molecule has 1 saturated carbocycles. The Balaban J connectivity index is 0.000000142. The molecule has 14 rings (SSSR count). The Morgan fingerprint density at radius 3 is 1.04 bits per heavy atom. The Hall–Kier alpha value is -12.1. The number of nitrogens with zero attached hydrogens (tertiary/aromatic N) is 8. The molecule has 1 aliphatic carbocycles. The number of para-hydroxylation sites is 4. The lowest BCUT2D eigenvalue weighted by molar-refractivity contribution is -0.142. The van der Waals surface area contributed by atoms with E-state index in [0.29, 0.717) is 37.6 Å². The normalized spacial score (nSPS) is 12.0. The van der Waals surface area contributed by atoms with E-state index in [0.717, 1.165) is 130 Å². The number of rotatable bonds is 25. The van der Waals surface area contributed by atoms with Gasteiger partial charge in [0.15, 0.2) is 0 Å². The van der Waals surface area contributed by atoms with Crippen molar-refractivity contribution in [2.24, 2.45) is 17.8 Å². The van der Waals surface area contributed by atoms with E-state index < -0.39 is 0 Å². The Labute approximate surface area is 623 Å². The van der Waals surface area contributed by atoms with Crippen molar-refractivity contribution < 1.29 is 57.1 Å². The maximum atomic E-state index is 11.8. The first-order valence-corrected chi connectivity index (χ1v) is 36.2. The summed E-state index contributed by atoms with van der Waals surface area (Å²) in [6.45, 7) is 11.6. The zero-order chi connectivity index (χ0) is 75.0. The Morgan fingerprint density at radius 2 is 0.692 bits per heavy atom. The van der Waals surface area contributed by atoms with E-state index >= 15 is 0 Å². The highest BCUT2D eigenvalue weighted by Crippen LogP contribution is 2.36. The van der Waals surface area contributed by atoms with Crippen molar-refractivity contribution in [3.8, 4) is 68.0 Å². The average Bonchev–Trinajstić information content (AvgIpc) is 1.66. The van der Waals surface area contributed by atoms with Gasteiger partial charge in [-0.15, -0.1) is 0 Å². The SMILES string of the molecule is COC(=O)Cn1nc(-c2cccc(OCC(C)C)c2)c2ccccc21.COC(=O)Cn1nc(-c2cccc(OCC3CCCCC3)c2)c2ccccc21.COC(=O)Cn1nc(-c2cccc(OCCC(C)C)c2)c2ccccc21.COC(=O)Cn1nc(-c2cccc(OCc3ccccc3)c2)c2ccccc21. The molecule has 20 heteroatoms. The Morgan fingerprint density at radius 1 is 0.364 bits per heavy atom. The number of aromatic nitrogens is 8. The molecule has 13 aromatic rings. The quantitative estimate of drug-likeness (QED) is 0.0384. The molecule has 0 atom stereocenters. The van der Waals surface area contributed by atoms with Crippen LogP contribution in [0.15, 0.2) is 224 Å². The molecule has 0 unspecified atom stereocenters. The molecular formula is C87H92N8O12. The van der Waals surface area contributed by atoms with Gasteiger partial charge in [0.05, 0.1) is 70.3 Å². The van der Waals surface area contributed by atoms with E-state index in [4.69, 9.17) is 43.0 Å². The summed E-state index contributed by atoms with van der Waals surface area (Å²) < 4.78 is 49.6. The van der Waals surface area contributed by atoms with Gasteiger partial charge in [-0.25, -0.2) is 0 Å². The van der Waals surface area contributed by atoms with Crippen LogP contribution >= 0.6 is 0 Å². The highest BCUT2D eigenvalue weighted by molar-refractivity contribution is 5.97. The van der Waals surface area contributed by atoms with Crippen molar-refractivity contribution >= 4 is 67.5 Å². The van der Waals surface area contributed by atoms with Crippen molar-refractivity contribution in [2.75, 3.05) is 48.3 Å². The molecular weight excluding hydrogens is 1350 g/mol. The van der Waals surface area contributed by atoms with Crippen LogP contribution in [0.5, 0.6) is 23.0 Å². The van der Waals surface area contributed by atoms with Gasteiger partial charge in [-0.1, -0.05) is 199 Å². The molecule has 107 heavy (non-hydrogen) atoms. The third kappa shape index (κ3) is 20.5. The lowest BCUT2D eigenvalue weighted by atomic mass is 9.90. The van der Waals surface area contributed by atoms with E-state index in [2.05, 4.69) is 43.0 Å². The topological polar surface area (TPSA) is 213 Å². The van der Waals surface area contributed by atoms with Gasteiger partial charge in [-0.3, -0.25) is 37.9 Å². The van der Waals surface area contributed by atoms with Crippen molar-refractivity contribution in [2.45, 2.75) is 99.0 Å². The lowest BCUT2D eigenvalue weighted by Gasteiger charge is -2.21. The van der Waals surface area contributed by atoms with Crippen molar-refractivity contribution in [3.63, 3.8) is 0 Å². The highest BCUT2D eigenvalue weighted by atomic mass is 16.5. The minimum atomic E-state index is -0.334. The first-order chi connectivity index (χ1) is 52.1. The van der Waals surface area contributed by atoms with Gasteiger partial charge in [-0.05, 0) is 115 Å². The molecule has 0 saturated heterocycles. The smallest absolute Gasteiger partial charge is 0.327 e. The second kappa shape index (κ2) is 37.6. The maximum Gasteiger partial charge on any atom is 0.327 e. The van der Waals surface area contributed by atoms with Crippen LogP contribution in [0.3, 0.4) is 0 Å². The molecule has 1 aliphatic rings. The second-order valence-corrected chi connectivity index (χ2v) is 26.8. The van der Waals surface area contributed by atoms with Crippen molar-refractivity contribution in [3.05, 3.63) is 230 Å². The fourth-order valence-corrected chi connectivity index (χ4v) is 12.5. The molecule has 0 aliphatic heterocycles. The van der Waals surface area contributed by atoms with Gasteiger partial charge in [0.25, 0.3) is 0 Å². The van der Waals surface area contributed by atoms with Crippen LogP contribution in [0, 0.1) is 17.8 Å². The third-order valence-corrected chi connectivity index (χ3v) is 18.1. The first-order valence-electron chi connectivity index (χ1n) is 36.2. The van der Waals surface area contributed by atoms with Gasteiger partial charge >= 0.3 is 23.9 Å². The molecule has 0 amide bonds. The minimum Gasteiger partial charge on any atom is -0.494 e. The lowest BCUT2D eigenvalue weighted by Crippen LogP contribution is -2.15. The van der Waals surface area contributed by atoms with Crippen LogP contribution < -0.4 is 18.9 Å². The third-order valence-electron chi connectivity index (χ3n) is 18.1. The molecule has 0 bridgehead atoms. The average molecular weight is 1440 g/mol. The summed E-state index contributed by atoms with van der Waals surface area (Å²) in [6, 6.07) is 73.3. The van der Waals surface area contributed by atoms with Gasteiger partial charge in [-0.2, -0.15) is 20.4 Å². The van der Waals surface area contributed by atoms with Crippen LogP contribution in [-0.2, 0) is 70.9 Å². The number of benzene rings is 9. The predicted octanol–water partition coefficient (Wildman–Crippen LogP) is 17.5. The minimum absolute atomic E-state index is 0.0706. The van der Waals surface area contributed by atoms with Crippen molar-refractivity contribution in [1.82, 2.24) is 39.1 Å². The highest BCUT2D eigenvalue weighted by Gasteiger charge is 2.21. The molecule has 0 spiro atoms. The molecule has 552 valence electrons. The molecule has 1 fully saturated rings. The number of ether oxygens (including phenoxy) is 8. The number of methoxy groups -OCH3 is 4. The monoisotopic (exact) mass is 1440 g/mol. The van der Waals surface area contributed by atoms with E-state index in [9.17, 15) is 19.2 Å². The van der Waals surface area contributed by atoms with E-state index in [-0.39, 0.29) is 50.1 Å². The van der Waals surface area contributed by atoms with Gasteiger partial charge in [0.2, 0.25) is 0 Å². The fraction of sp³-hybridized carbons (Fsp3) is 0.287. The number of fused-ring (bicyclic) bond motifs is 4. The number of carbonyl (C=O) groups excluding carboxylic acids is 4. The summed E-state index contributed by atoms with van der Waals surface area (Å²) in [5.41, 5.74) is 11.9. The molecule has 0 radical (unpaired) electrons. The largest absolute Gasteiger partial charge is 0.494 e. The van der Waals surface area contributed by atoms with E-state index in [1.807, 2.05) is 224 Å². The maximum absolute atomic E-state index is 11.8. The van der Waals surface area contributed by atoms with E-state index in [1.165, 1.54) is 60.5 Å². The van der Waals surface area contributed by atoms with E-state index in [1.54, 1.807) is 18.7 Å². The molecule has 4 aromatic heterocycles. The summed E-state index contributed by atoms with van der Waals surface area (Å²) in [5.74, 6) is 3.72. The molecule has 20 nitrogen and oxygen atoms in total. The van der Waals surface area contributed by atoms with Crippen LogP contribution in [0.4, 0.5) is 0 Å². The van der Waals surface area contributed by atoms with Gasteiger partial charge in [0, 0.05) is 43.8 Å². The Kier molecular flexibility index (Phi) is 26.7. The first kappa shape index (κ1) is 76.1. The Bertz CT molecular complexity index is 5110. The standard InChI is InChI=1S/C23H26N2O3.C23H20N2O3.C21H24N2O3.C20H22N2O3/c2*1-27-22(26)15-25-21-13-6-5-12-20(21)23(24-25)18-10-7-11-19(14-18)28-16-17-8-3-2-4-9-17;1-15(2)11-12-26-17-8-6-7-16(13-17)21-18-9-4-5-10-19(18)23(22-21)14-20(24)25-3;1-14(2)13-25-16-8-6-7-15(11-16)20-17-9-4-5-10-18(17)22(21-20)12-19(23)24-3/h5-7,10-14,17H,2-4,8-9,15-16H2,1H3;2-14H,15-16H2,1H3;4-10,13,15H,11-12,14H2,1-3H3;4-11,14H,12-13H2,1-3H3. The van der Waals surface area contributed by atoms with Crippen LogP contribution in [0.2, 0.25) is 0 Å². The van der Waals surface area contributed by atoms with Gasteiger partial charge < -0.3 is 37.9 Å². The van der Waals surface area contributed by atoms with Crippen molar-refractivity contribution in [1.29, 1.82) is 0 Å². The molecule has 4 heterocycles. The number of carbonyl (C=O) groups is 4. The molecule has 0 N–H and O–H groups in total. The summed E-state index contributed by atoms with van der Waals surface area (Å²) >= 11 is 0. The predicted molar refractivity (Wildman–Crippen MR) is 417 cm³/mol. The molecule has 9 aromatic carbocycles. The zero-order valence-electron chi connectivity index (χ0n) is 62.0. The zero-order valence-corrected chi connectivity index (χ0v) is 62.0. The van der Waals surface area contributed by atoms with Crippen LogP contribution in [0.1, 0.15) is 71.8 Å². The number of hydrogen-bond acceptors (Lipinski definition) is 16. The van der Waals surface area contributed by atoms with Gasteiger partial charge in [0.1, 0.15) is 78.6 Å². The summed E-state index contributed by atoms with van der Waals surface area (Å²) in [4.78, 5) is 46.9. The number of hydrogen-bond donors (Lipinski definition) is 0. The summed E-state index contributed by atoms with van der Waals surface area (Å²) in [6.07, 6.45) is 7.54. The summed E-state index contributed by atoms with van der Waals surface area (Å²) in [5, 5.41) is 22.6.